The van der Waals surface area contributed by atoms with Crippen LogP contribution < -0.4 is 5.73 Å². The van der Waals surface area contributed by atoms with E-state index in [-0.39, 0.29) is 17.4 Å². The van der Waals surface area contributed by atoms with Crippen LogP contribution in [0.3, 0.4) is 0 Å². The molecule has 15 heavy (non-hydrogen) atoms. The first-order chi connectivity index (χ1) is 7.27. The number of oxime groups is 1. The summed E-state index contributed by atoms with van der Waals surface area (Å²) in [5.74, 6) is 0.450. The molecule has 1 aromatic heterocycles. The molecular formula is C9H12N4O2. The van der Waals surface area contributed by atoms with Crippen LogP contribution in [0.4, 0.5) is 5.82 Å². The van der Waals surface area contributed by atoms with E-state index < -0.39 is 0 Å². The smallest absolute Gasteiger partial charge is 0.187 e. The number of rotatable bonds is 5. The highest BCUT2D eigenvalue weighted by atomic mass is 16.6. The van der Waals surface area contributed by atoms with Crippen molar-refractivity contribution >= 4 is 17.8 Å². The zero-order chi connectivity index (χ0) is 11.1. The summed E-state index contributed by atoms with van der Waals surface area (Å²) in [4.78, 5) is 23.2. The lowest BCUT2D eigenvalue weighted by Gasteiger charge is -1.99. The van der Waals surface area contributed by atoms with Crippen LogP contribution in [0.2, 0.25) is 0 Å². The summed E-state index contributed by atoms with van der Waals surface area (Å²) in [7, 11) is 0. The maximum Gasteiger partial charge on any atom is 0.187 e. The quantitative estimate of drug-likeness (QED) is 0.327. The van der Waals surface area contributed by atoms with Crippen LogP contribution in [-0.4, -0.2) is 28.6 Å². The van der Waals surface area contributed by atoms with Gasteiger partial charge >= 0.3 is 0 Å². The first-order valence-corrected chi connectivity index (χ1v) is 4.52. The molecule has 1 aromatic rings. The lowest BCUT2D eigenvalue weighted by atomic mass is 10.4. The van der Waals surface area contributed by atoms with Crippen LogP contribution in [0.1, 0.15) is 19.2 Å². The van der Waals surface area contributed by atoms with E-state index in [2.05, 4.69) is 15.1 Å². The van der Waals surface area contributed by atoms with Crippen molar-refractivity contribution in [1.29, 1.82) is 0 Å². The molecule has 0 aromatic carbocycles. The highest BCUT2D eigenvalue weighted by molar-refractivity contribution is 6.34. The van der Waals surface area contributed by atoms with Crippen molar-refractivity contribution in [2.45, 2.75) is 13.3 Å². The zero-order valence-corrected chi connectivity index (χ0v) is 8.38. The Labute approximate surface area is 87.2 Å². The fraction of sp³-hybridized carbons (Fsp3) is 0.333. The Morgan fingerprint density at radius 1 is 1.73 bits per heavy atom. The van der Waals surface area contributed by atoms with Gasteiger partial charge in [-0.1, -0.05) is 12.1 Å². The van der Waals surface area contributed by atoms with Crippen molar-refractivity contribution in [2.24, 2.45) is 5.16 Å². The third-order valence-corrected chi connectivity index (χ3v) is 1.48. The van der Waals surface area contributed by atoms with Crippen LogP contribution >= 0.6 is 0 Å². The van der Waals surface area contributed by atoms with Gasteiger partial charge in [0.1, 0.15) is 12.4 Å². The van der Waals surface area contributed by atoms with E-state index in [9.17, 15) is 4.79 Å². The number of carbonyl (C=O) groups excluding carboxylic acids is 1. The molecule has 2 N–H and O–H groups in total. The molecule has 0 fully saturated rings. The summed E-state index contributed by atoms with van der Waals surface area (Å²) in [6.07, 6.45) is 2.80. The van der Waals surface area contributed by atoms with Gasteiger partial charge in [-0.2, -0.15) is 0 Å². The summed E-state index contributed by atoms with van der Waals surface area (Å²) < 4.78 is 0. The van der Waals surface area contributed by atoms with Gasteiger partial charge < -0.3 is 10.6 Å². The molecule has 80 valence electrons. The van der Waals surface area contributed by atoms with Gasteiger partial charge in [0.2, 0.25) is 0 Å². The predicted molar refractivity (Wildman–Crippen MR) is 55.3 cm³/mol. The number of nitrogens with two attached hydrogens (primary N) is 1. The lowest BCUT2D eigenvalue weighted by molar-refractivity contribution is -0.102. The van der Waals surface area contributed by atoms with Crippen LogP contribution in [0.5, 0.6) is 0 Å². The molecule has 0 amide bonds. The third kappa shape index (κ3) is 3.34. The minimum Gasteiger partial charge on any atom is -0.395 e. The Balaban J connectivity index is 2.82. The monoisotopic (exact) mass is 208 g/mol. The second kappa shape index (κ2) is 5.69. The number of anilines is 1. The number of hydrogen-bond acceptors (Lipinski definition) is 6. The highest BCUT2D eigenvalue weighted by Gasteiger charge is 2.06. The lowest BCUT2D eigenvalue weighted by Crippen LogP contribution is -2.10. The van der Waals surface area contributed by atoms with Gasteiger partial charge in [0.15, 0.2) is 17.8 Å². The molecular weight excluding hydrogens is 196 g/mol. The predicted octanol–water partition coefficient (Wildman–Crippen LogP) is 0.388. The van der Waals surface area contributed by atoms with Crippen molar-refractivity contribution in [3.05, 3.63) is 18.1 Å². The van der Waals surface area contributed by atoms with Crippen molar-refractivity contribution in [2.75, 3.05) is 12.3 Å². The minimum atomic E-state index is 0.0377. The summed E-state index contributed by atoms with van der Waals surface area (Å²) in [5.41, 5.74) is 5.48. The maximum atomic E-state index is 10.7. The Kier molecular flexibility index (Phi) is 4.21. The van der Waals surface area contributed by atoms with Gasteiger partial charge in [0.05, 0.1) is 0 Å². The van der Waals surface area contributed by atoms with Gasteiger partial charge in [0, 0.05) is 6.20 Å². The Morgan fingerprint density at radius 3 is 3.13 bits per heavy atom. The molecule has 1 heterocycles. The molecule has 6 heteroatoms. The Bertz CT molecular complexity index is 365. The summed E-state index contributed by atoms with van der Waals surface area (Å²) in [5, 5.41) is 3.61. The van der Waals surface area contributed by atoms with Gasteiger partial charge in [-0.05, 0) is 12.5 Å². The van der Waals surface area contributed by atoms with E-state index >= 15 is 0 Å². The minimum absolute atomic E-state index is 0.0377. The standard InChI is InChI=1S/C9H12N4O2/c1-2-5-15-13-7(6-14)9-11-4-3-8(10)12-9/h3-4,6H,2,5H2,1H3,(H2,10,11,12). The first kappa shape index (κ1) is 11.1. The van der Waals surface area contributed by atoms with Crippen molar-refractivity contribution in [3.8, 4) is 0 Å². The number of nitrogens with zero attached hydrogens (tertiary/aromatic N) is 3. The van der Waals surface area contributed by atoms with Crippen molar-refractivity contribution in [1.82, 2.24) is 9.97 Å². The maximum absolute atomic E-state index is 10.7. The average Bonchev–Trinajstić information content (AvgIpc) is 2.24. The van der Waals surface area contributed by atoms with Crippen LogP contribution in [0.25, 0.3) is 0 Å². The van der Waals surface area contributed by atoms with E-state index in [0.717, 1.165) is 6.42 Å². The van der Waals surface area contributed by atoms with Gasteiger partial charge in [-0.15, -0.1) is 0 Å². The molecule has 0 atom stereocenters. The molecule has 0 spiro atoms. The van der Waals surface area contributed by atoms with Crippen LogP contribution in [0, 0.1) is 0 Å². The van der Waals surface area contributed by atoms with Crippen molar-refractivity contribution in [3.63, 3.8) is 0 Å². The van der Waals surface area contributed by atoms with E-state index in [1.54, 1.807) is 0 Å². The molecule has 0 radical (unpaired) electrons. The Morgan fingerprint density at radius 2 is 2.53 bits per heavy atom. The fourth-order valence-electron chi connectivity index (χ4n) is 0.818. The molecule has 6 nitrogen and oxygen atoms in total. The van der Waals surface area contributed by atoms with Crippen LogP contribution in [-0.2, 0) is 9.63 Å². The molecule has 0 saturated carbocycles. The van der Waals surface area contributed by atoms with E-state index in [1.807, 2.05) is 6.92 Å². The van der Waals surface area contributed by atoms with E-state index in [0.29, 0.717) is 12.9 Å². The molecule has 0 aliphatic carbocycles. The second-order valence-corrected chi connectivity index (χ2v) is 2.73. The van der Waals surface area contributed by atoms with E-state index in [1.165, 1.54) is 12.3 Å². The topological polar surface area (TPSA) is 90.5 Å². The Hall–Kier alpha value is -1.98. The molecule has 0 saturated heterocycles. The molecule has 0 unspecified atom stereocenters. The summed E-state index contributed by atoms with van der Waals surface area (Å²) in [6, 6.07) is 1.53. The van der Waals surface area contributed by atoms with E-state index in [4.69, 9.17) is 10.6 Å². The zero-order valence-electron chi connectivity index (χ0n) is 8.38. The second-order valence-electron chi connectivity index (χ2n) is 2.73. The SMILES string of the molecule is CCCON=C(C=O)c1nccc(N)n1. The average molecular weight is 208 g/mol. The fourth-order valence-corrected chi connectivity index (χ4v) is 0.818. The summed E-state index contributed by atoms with van der Waals surface area (Å²) >= 11 is 0. The van der Waals surface area contributed by atoms with Gasteiger partial charge in [-0.3, -0.25) is 4.79 Å². The number of carbonyl (C=O) groups is 1. The molecule has 1 rings (SSSR count). The molecule has 0 aliphatic rings. The molecule has 0 aliphatic heterocycles. The normalized spacial score (nSPS) is 11.1. The van der Waals surface area contributed by atoms with Crippen LogP contribution in [0.15, 0.2) is 17.4 Å². The number of hydrogen-bond donors (Lipinski definition) is 1. The summed E-state index contributed by atoms with van der Waals surface area (Å²) in [6.45, 7) is 2.38. The number of aldehydes is 1. The molecule has 0 bridgehead atoms. The van der Waals surface area contributed by atoms with Crippen molar-refractivity contribution < 1.29 is 9.63 Å². The largest absolute Gasteiger partial charge is 0.395 e. The highest BCUT2D eigenvalue weighted by Crippen LogP contribution is 1.97. The van der Waals surface area contributed by atoms with Gasteiger partial charge in [0.25, 0.3) is 0 Å². The first-order valence-electron chi connectivity index (χ1n) is 4.52. The number of nitrogen functional groups attached to an aromatic ring is 1. The van der Waals surface area contributed by atoms with Gasteiger partial charge in [-0.25, -0.2) is 9.97 Å². The number of aromatic nitrogens is 2. The third-order valence-electron chi connectivity index (χ3n) is 1.48.